The third kappa shape index (κ3) is 5.12. The number of rotatable bonds is 8. The molecule has 0 spiro atoms. The number of benzene rings is 2. The van der Waals surface area contributed by atoms with Crippen molar-refractivity contribution in [3.63, 3.8) is 0 Å². The van der Waals surface area contributed by atoms with Gasteiger partial charge in [-0.25, -0.2) is 13.4 Å². The summed E-state index contributed by atoms with van der Waals surface area (Å²) in [6, 6.07) is 13.3. The fourth-order valence-corrected chi connectivity index (χ4v) is 5.77. The number of carbonyl (C=O) groups excluding carboxylic acids is 1. The van der Waals surface area contributed by atoms with Gasteiger partial charge in [-0.1, -0.05) is 36.4 Å². The van der Waals surface area contributed by atoms with Crippen LogP contribution in [0.5, 0.6) is 0 Å². The summed E-state index contributed by atoms with van der Waals surface area (Å²) in [5.41, 5.74) is 0.335. The summed E-state index contributed by atoms with van der Waals surface area (Å²) >= 11 is 0. The average molecular weight is 504 g/mol. The van der Waals surface area contributed by atoms with Crippen LogP contribution in [-0.4, -0.2) is 34.8 Å². The van der Waals surface area contributed by atoms with E-state index in [2.05, 4.69) is 4.98 Å². The topological polar surface area (TPSA) is 72.3 Å². The Morgan fingerprint density at radius 3 is 2.37 bits per heavy atom. The molecule has 5 rings (SSSR count). The van der Waals surface area contributed by atoms with Crippen LogP contribution in [0.4, 0.5) is 13.2 Å². The van der Waals surface area contributed by atoms with E-state index in [9.17, 15) is 26.4 Å². The van der Waals surface area contributed by atoms with Gasteiger partial charge in [-0.3, -0.25) is 4.79 Å². The molecule has 0 unspecified atom stereocenters. The van der Waals surface area contributed by atoms with Crippen molar-refractivity contribution in [2.75, 3.05) is 0 Å². The zero-order valence-corrected chi connectivity index (χ0v) is 19.6. The molecule has 3 aromatic rings. The fourth-order valence-electron chi connectivity index (χ4n) is 4.24. The number of carbonyl (C=O) groups is 1. The molecule has 1 aromatic heterocycles. The second-order valence-electron chi connectivity index (χ2n) is 9.12. The number of halogens is 3. The molecule has 2 aromatic carbocycles. The summed E-state index contributed by atoms with van der Waals surface area (Å²) in [7, 11) is -4.02. The van der Waals surface area contributed by atoms with E-state index >= 15 is 0 Å². The molecule has 2 saturated carbocycles. The molecular formula is C25H24F3N3O3S. The van der Waals surface area contributed by atoms with Crippen molar-refractivity contribution >= 4 is 15.7 Å². The Kier molecular flexibility index (Phi) is 5.94. The quantitative estimate of drug-likeness (QED) is 0.433. The molecule has 184 valence electrons. The Bertz CT molecular complexity index is 1350. The van der Waals surface area contributed by atoms with E-state index in [-0.39, 0.29) is 35.3 Å². The monoisotopic (exact) mass is 503 g/mol. The number of hydrogen-bond donors (Lipinski definition) is 0. The molecule has 0 bridgehead atoms. The van der Waals surface area contributed by atoms with Crippen LogP contribution in [0.3, 0.4) is 0 Å². The van der Waals surface area contributed by atoms with Crippen LogP contribution >= 0.6 is 0 Å². The van der Waals surface area contributed by atoms with Crippen LogP contribution in [0.1, 0.15) is 58.9 Å². The molecule has 6 nitrogen and oxygen atoms in total. The standard InChI is InChI=1S/C25H24F3N3O3S/c26-25(27,28)19-8-4-5-17(13-19)16-35(33,34)24-29-14-22(31(24)21-11-12-21)15-30(20-9-10-20)23(32)18-6-2-1-3-7-18/h1-8,13-14,20-21H,9-12,15-16H2. The van der Waals surface area contributed by atoms with Gasteiger partial charge >= 0.3 is 6.18 Å². The van der Waals surface area contributed by atoms with Crippen LogP contribution in [0.15, 0.2) is 66.0 Å². The van der Waals surface area contributed by atoms with Crippen molar-refractivity contribution in [1.82, 2.24) is 14.5 Å². The predicted molar refractivity (Wildman–Crippen MR) is 122 cm³/mol. The number of hydrogen-bond acceptors (Lipinski definition) is 4. The number of nitrogens with zero attached hydrogens (tertiary/aromatic N) is 3. The smallest absolute Gasteiger partial charge is 0.330 e. The fraction of sp³-hybridized carbons (Fsp3) is 0.360. The van der Waals surface area contributed by atoms with Gasteiger partial charge in [0.2, 0.25) is 15.0 Å². The van der Waals surface area contributed by atoms with Gasteiger partial charge in [0.25, 0.3) is 5.91 Å². The number of alkyl halides is 3. The molecule has 2 fully saturated rings. The third-order valence-electron chi connectivity index (χ3n) is 6.24. The van der Waals surface area contributed by atoms with Gasteiger partial charge in [0.15, 0.2) is 0 Å². The highest BCUT2D eigenvalue weighted by Gasteiger charge is 2.38. The van der Waals surface area contributed by atoms with Gasteiger partial charge in [0, 0.05) is 17.6 Å². The molecule has 2 aliphatic rings. The molecule has 0 atom stereocenters. The number of aromatic nitrogens is 2. The second kappa shape index (κ2) is 8.82. The molecule has 10 heteroatoms. The summed E-state index contributed by atoms with van der Waals surface area (Å²) in [5, 5.41) is -0.157. The van der Waals surface area contributed by atoms with E-state index in [1.54, 1.807) is 33.7 Å². The lowest BCUT2D eigenvalue weighted by atomic mass is 10.1. The Labute approximate surface area is 201 Å². The first kappa shape index (κ1) is 23.6. The molecule has 0 saturated heterocycles. The van der Waals surface area contributed by atoms with E-state index in [4.69, 9.17) is 0 Å². The van der Waals surface area contributed by atoms with Crippen LogP contribution < -0.4 is 0 Å². The zero-order valence-electron chi connectivity index (χ0n) is 18.8. The van der Waals surface area contributed by atoms with Crippen molar-refractivity contribution < 1.29 is 26.4 Å². The Morgan fingerprint density at radius 2 is 1.74 bits per heavy atom. The van der Waals surface area contributed by atoms with E-state index in [1.807, 2.05) is 6.07 Å². The predicted octanol–water partition coefficient (Wildman–Crippen LogP) is 5.02. The van der Waals surface area contributed by atoms with Crippen molar-refractivity contribution in [1.29, 1.82) is 0 Å². The molecule has 35 heavy (non-hydrogen) atoms. The SMILES string of the molecule is O=C(c1ccccc1)N(Cc1cnc(S(=O)(=O)Cc2cccc(C(F)(F)F)c2)n1C1CC1)C1CC1. The molecule has 0 aliphatic heterocycles. The Hall–Kier alpha value is -3.14. The van der Waals surface area contributed by atoms with Crippen molar-refractivity contribution in [3.8, 4) is 0 Å². The van der Waals surface area contributed by atoms with Gasteiger partial charge in [-0.2, -0.15) is 13.2 Å². The van der Waals surface area contributed by atoms with Gasteiger partial charge in [-0.05, 0) is 49.4 Å². The van der Waals surface area contributed by atoms with Gasteiger partial charge < -0.3 is 9.47 Å². The summed E-state index contributed by atoms with van der Waals surface area (Å²) in [6.45, 7) is 0.223. The van der Waals surface area contributed by atoms with Crippen LogP contribution in [0, 0.1) is 0 Å². The maximum absolute atomic E-state index is 13.3. The summed E-state index contributed by atoms with van der Waals surface area (Å²) in [4.78, 5) is 19.1. The average Bonchev–Trinajstić information content (AvgIpc) is 3.76. The van der Waals surface area contributed by atoms with E-state index in [0.717, 1.165) is 37.8 Å². The minimum atomic E-state index is -4.56. The maximum atomic E-state index is 13.3. The van der Waals surface area contributed by atoms with Crippen molar-refractivity contribution in [2.45, 2.75) is 61.4 Å². The van der Waals surface area contributed by atoms with E-state index < -0.39 is 27.3 Å². The number of imidazole rings is 1. The first-order valence-corrected chi connectivity index (χ1v) is 13.1. The van der Waals surface area contributed by atoms with Crippen molar-refractivity contribution in [2.24, 2.45) is 0 Å². The zero-order chi connectivity index (χ0) is 24.8. The lowest BCUT2D eigenvalue weighted by Gasteiger charge is -2.23. The van der Waals surface area contributed by atoms with E-state index in [0.29, 0.717) is 11.3 Å². The summed E-state index contributed by atoms with van der Waals surface area (Å²) in [5.74, 6) is -0.708. The highest BCUT2D eigenvalue weighted by molar-refractivity contribution is 7.90. The normalized spacial score (nSPS) is 16.3. The van der Waals surface area contributed by atoms with Crippen LogP contribution in [0.2, 0.25) is 0 Å². The maximum Gasteiger partial charge on any atom is 0.416 e. The molecule has 0 radical (unpaired) electrons. The molecular weight excluding hydrogens is 479 g/mol. The molecule has 0 N–H and O–H groups in total. The highest BCUT2D eigenvalue weighted by Crippen LogP contribution is 2.40. The largest absolute Gasteiger partial charge is 0.416 e. The van der Waals surface area contributed by atoms with Crippen LogP contribution in [0.25, 0.3) is 0 Å². The van der Waals surface area contributed by atoms with Crippen LogP contribution in [-0.2, 0) is 28.3 Å². The number of sulfone groups is 1. The lowest BCUT2D eigenvalue weighted by molar-refractivity contribution is -0.137. The van der Waals surface area contributed by atoms with Gasteiger partial charge in [0.1, 0.15) is 0 Å². The third-order valence-corrected chi connectivity index (χ3v) is 7.81. The Morgan fingerprint density at radius 1 is 1.03 bits per heavy atom. The van der Waals surface area contributed by atoms with Gasteiger partial charge in [0.05, 0.1) is 29.8 Å². The first-order valence-electron chi connectivity index (χ1n) is 11.4. The highest BCUT2D eigenvalue weighted by atomic mass is 32.2. The second-order valence-corrected chi connectivity index (χ2v) is 11.0. The Balaban J connectivity index is 1.43. The molecule has 1 amide bonds. The van der Waals surface area contributed by atoms with Gasteiger partial charge in [-0.15, -0.1) is 0 Å². The first-order chi connectivity index (χ1) is 16.6. The van der Waals surface area contributed by atoms with Crippen molar-refractivity contribution in [3.05, 3.63) is 83.2 Å². The minimum absolute atomic E-state index is 0.0468. The lowest BCUT2D eigenvalue weighted by Crippen LogP contribution is -2.33. The molecule has 1 heterocycles. The van der Waals surface area contributed by atoms with E-state index in [1.165, 1.54) is 18.3 Å². The minimum Gasteiger partial charge on any atom is -0.330 e. The molecule has 2 aliphatic carbocycles. The summed E-state index contributed by atoms with van der Waals surface area (Å²) in [6.07, 6.45) is 0.257. The number of amides is 1. The summed E-state index contributed by atoms with van der Waals surface area (Å²) < 4.78 is 67.5.